The van der Waals surface area contributed by atoms with Gasteiger partial charge in [0.05, 0.1) is 11.9 Å². The van der Waals surface area contributed by atoms with Crippen LogP contribution in [0.25, 0.3) is 0 Å². The molecule has 136 valence electrons. The molecular weight excluding hydrogens is 342 g/mol. The molecule has 0 spiro atoms. The van der Waals surface area contributed by atoms with Gasteiger partial charge in [0.1, 0.15) is 0 Å². The molecule has 0 saturated carbocycles. The van der Waals surface area contributed by atoms with Crippen LogP contribution in [0.5, 0.6) is 0 Å². The van der Waals surface area contributed by atoms with Gasteiger partial charge in [0.25, 0.3) is 11.8 Å². The van der Waals surface area contributed by atoms with Crippen molar-refractivity contribution < 1.29 is 9.59 Å². The van der Waals surface area contributed by atoms with Crippen molar-refractivity contribution in [1.29, 1.82) is 0 Å². The average Bonchev–Trinajstić information content (AvgIpc) is 2.99. The van der Waals surface area contributed by atoms with E-state index in [9.17, 15) is 9.59 Å². The number of carbonyl (C=O) groups excluding carboxylic acids is 2. The van der Waals surface area contributed by atoms with Gasteiger partial charge in [-0.1, -0.05) is 24.3 Å². The van der Waals surface area contributed by atoms with Crippen molar-refractivity contribution in [2.75, 3.05) is 5.32 Å². The van der Waals surface area contributed by atoms with Crippen molar-refractivity contribution in [1.82, 2.24) is 15.2 Å². The van der Waals surface area contributed by atoms with E-state index in [1.165, 1.54) is 0 Å². The van der Waals surface area contributed by atoms with E-state index < -0.39 is 0 Å². The lowest BCUT2D eigenvalue weighted by atomic mass is 10.1. The van der Waals surface area contributed by atoms with E-state index in [4.69, 9.17) is 0 Å². The predicted molar refractivity (Wildman–Crippen MR) is 104 cm³/mol. The van der Waals surface area contributed by atoms with Crippen molar-refractivity contribution in [3.8, 4) is 0 Å². The Kier molecular flexibility index (Phi) is 5.41. The van der Waals surface area contributed by atoms with Gasteiger partial charge in [0, 0.05) is 35.6 Å². The highest BCUT2D eigenvalue weighted by Crippen LogP contribution is 2.12. The Labute approximate surface area is 156 Å². The number of rotatable bonds is 5. The van der Waals surface area contributed by atoms with Gasteiger partial charge < -0.3 is 5.32 Å². The van der Waals surface area contributed by atoms with Crippen molar-refractivity contribution in [2.45, 2.75) is 6.92 Å². The van der Waals surface area contributed by atoms with Crippen LogP contribution < -0.4 is 10.7 Å². The number of hydrogen-bond acceptors (Lipinski definition) is 4. The molecule has 0 fully saturated rings. The van der Waals surface area contributed by atoms with Crippen LogP contribution in [0, 0.1) is 6.92 Å². The SMILES string of the molecule is Cc1nn(C)cc1/C=N\NC(=O)c1cccc(NC(=O)c2ccccc2)c1. The fourth-order valence-electron chi connectivity index (χ4n) is 2.50. The number of benzene rings is 2. The van der Waals surface area contributed by atoms with Crippen LogP contribution in [-0.4, -0.2) is 27.8 Å². The number of aryl methyl sites for hydroxylation is 2. The Balaban J connectivity index is 1.65. The van der Waals surface area contributed by atoms with Crippen LogP contribution in [-0.2, 0) is 7.05 Å². The maximum atomic E-state index is 12.3. The van der Waals surface area contributed by atoms with Crippen LogP contribution in [0.15, 0.2) is 65.9 Å². The zero-order valence-corrected chi connectivity index (χ0v) is 15.0. The monoisotopic (exact) mass is 361 g/mol. The molecule has 0 aliphatic heterocycles. The zero-order valence-electron chi connectivity index (χ0n) is 15.0. The van der Waals surface area contributed by atoms with Gasteiger partial charge in [-0.25, -0.2) is 5.43 Å². The summed E-state index contributed by atoms with van der Waals surface area (Å²) in [5, 5.41) is 10.9. The number of hydrazone groups is 1. The molecule has 0 radical (unpaired) electrons. The first-order chi connectivity index (χ1) is 13.0. The minimum Gasteiger partial charge on any atom is -0.322 e. The molecule has 0 atom stereocenters. The zero-order chi connectivity index (χ0) is 19.2. The molecule has 2 N–H and O–H groups in total. The van der Waals surface area contributed by atoms with E-state index in [0.29, 0.717) is 16.8 Å². The van der Waals surface area contributed by atoms with Crippen LogP contribution in [0.4, 0.5) is 5.69 Å². The summed E-state index contributed by atoms with van der Waals surface area (Å²) >= 11 is 0. The van der Waals surface area contributed by atoms with Crippen LogP contribution in [0.3, 0.4) is 0 Å². The molecule has 3 rings (SSSR count). The number of nitrogens with zero attached hydrogens (tertiary/aromatic N) is 3. The van der Waals surface area contributed by atoms with Gasteiger partial charge in [0.15, 0.2) is 0 Å². The minimum absolute atomic E-state index is 0.238. The highest BCUT2D eigenvalue weighted by molar-refractivity contribution is 6.05. The fourth-order valence-corrected chi connectivity index (χ4v) is 2.50. The third kappa shape index (κ3) is 4.66. The highest BCUT2D eigenvalue weighted by atomic mass is 16.2. The van der Waals surface area contributed by atoms with Gasteiger partial charge in [-0.2, -0.15) is 10.2 Å². The molecule has 1 aromatic heterocycles. The molecule has 0 unspecified atom stereocenters. The molecule has 3 aromatic rings. The number of carbonyl (C=O) groups is 2. The Morgan fingerprint density at radius 1 is 1.04 bits per heavy atom. The molecule has 7 nitrogen and oxygen atoms in total. The second-order valence-electron chi connectivity index (χ2n) is 5.94. The topological polar surface area (TPSA) is 88.4 Å². The summed E-state index contributed by atoms with van der Waals surface area (Å²) in [6.45, 7) is 1.86. The lowest BCUT2D eigenvalue weighted by Gasteiger charge is -2.07. The number of nitrogens with one attached hydrogen (secondary N) is 2. The number of anilines is 1. The number of aromatic nitrogens is 2. The normalized spacial score (nSPS) is 10.7. The lowest BCUT2D eigenvalue weighted by Crippen LogP contribution is -2.18. The summed E-state index contributed by atoms with van der Waals surface area (Å²) in [6, 6.07) is 15.5. The second kappa shape index (κ2) is 8.09. The second-order valence-corrected chi connectivity index (χ2v) is 5.94. The molecule has 0 aliphatic carbocycles. The molecule has 1 heterocycles. The van der Waals surface area contributed by atoms with E-state index in [1.54, 1.807) is 59.4 Å². The summed E-state index contributed by atoms with van der Waals surface area (Å²) in [7, 11) is 1.82. The van der Waals surface area contributed by atoms with Gasteiger partial charge in [0.2, 0.25) is 0 Å². The summed E-state index contributed by atoms with van der Waals surface area (Å²) in [5.74, 6) is -0.609. The quantitative estimate of drug-likeness (QED) is 0.541. The summed E-state index contributed by atoms with van der Waals surface area (Å²) in [5.41, 5.74) is 5.58. The summed E-state index contributed by atoms with van der Waals surface area (Å²) in [4.78, 5) is 24.5. The van der Waals surface area contributed by atoms with Gasteiger partial charge >= 0.3 is 0 Å². The van der Waals surface area contributed by atoms with Crippen LogP contribution in [0.2, 0.25) is 0 Å². The first kappa shape index (κ1) is 18.1. The molecule has 2 amide bonds. The summed E-state index contributed by atoms with van der Waals surface area (Å²) < 4.78 is 1.68. The summed E-state index contributed by atoms with van der Waals surface area (Å²) in [6.07, 6.45) is 3.35. The maximum absolute atomic E-state index is 12.3. The Hall–Kier alpha value is -3.74. The molecule has 0 bridgehead atoms. The maximum Gasteiger partial charge on any atom is 0.271 e. The Bertz CT molecular complexity index is 993. The highest BCUT2D eigenvalue weighted by Gasteiger charge is 2.09. The standard InChI is InChI=1S/C20H19N5O2/c1-14-17(13-25(2)24-14)12-21-23-20(27)16-9-6-10-18(11-16)22-19(26)15-7-4-3-5-8-15/h3-13H,1-2H3,(H,22,26)(H,23,27)/b21-12-. The first-order valence-electron chi connectivity index (χ1n) is 8.33. The van der Waals surface area contributed by atoms with Gasteiger partial charge in [-0.05, 0) is 37.3 Å². The number of amides is 2. The van der Waals surface area contributed by atoms with E-state index in [0.717, 1.165) is 11.3 Å². The van der Waals surface area contributed by atoms with E-state index in [2.05, 4.69) is 20.9 Å². The molecular formula is C20H19N5O2. The van der Waals surface area contributed by atoms with E-state index in [1.807, 2.05) is 26.2 Å². The fraction of sp³-hybridized carbons (Fsp3) is 0.100. The minimum atomic E-state index is -0.372. The van der Waals surface area contributed by atoms with E-state index >= 15 is 0 Å². The molecule has 27 heavy (non-hydrogen) atoms. The Morgan fingerprint density at radius 3 is 2.48 bits per heavy atom. The number of hydrogen-bond donors (Lipinski definition) is 2. The largest absolute Gasteiger partial charge is 0.322 e. The van der Waals surface area contributed by atoms with Gasteiger partial charge in [-0.3, -0.25) is 14.3 Å². The van der Waals surface area contributed by atoms with Crippen LogP contribution >= 0.6 is 0 Å². The average molecular weight is 361 g/mol. The molecule has 0 aliphatic rings. The Morgan fingerprint density at radius 2 is 1.78 bits per heavy atom. The lowest BCUT2D eigenvalue weighted by molar-refractivity contribution is 0.0953. The predicted octanol–water partition coefficient (Wildman–Crippen LogP) is 2.74. The van der Waals surface area contributed by atoms with Crippen molar-refractivity contribution in [3.05, 3.63) is 83.2 Å². The first-order valence-corrected chi connectivity index (χ1v) is 8.33. The van der Waals surface area contributed by atoms with E-state index in [-0.39, 0.29) is 11.8 Å². The molecule has 2 aromatic carbocycles. The third-order valence-corrected chi connectivity index (χ3v) is 3.84. The molecule has 7 heteroatoms. The van der Waals surface area contributed by atoms with Crippen molar-refractivity contribution in [3.63, 3.8) is 0 Å². The third-order valence-electron chi connectivity index (χ3n) is 3.84. The van der Waals surface area contributed by atoms with Crippen LogP contribution in [0.1, 0.15) is 32.0 Å². The van der Waals surface area contributed by atoms with Crippen molar-refractivity contribution >= 4 is 23.7 Å². The molecule has 0 saturated heterocycles. The van der Waals surface area contributed by atoms with Crippen molar-refractivity contribution in [2.24, 2.45) is 12.1 Å². The smallest absolute Gasteiger partial charge is 0.271 e. The van der Waals surface area contributed by atoms with Gasteiger partial charge in [-0.15, -0.1) is 0 Å².